The minimum absolute atomic E-state index is 0.0404. The van der Waals surface area contributed by atoms with Crippen molar-refractivity contribution >= 4 is 23.2 Å². The molecule has 0 aliphatic rings. The molecule has 0 saturated heterocycles. The van der Waals surface area contributed by atoms with E-state index in [-0.39, 0.29) is 18.1 Å². The Bertz CT molecular complexity index is 634. The molecule has 0 fully saturated rings. The summed E-state index contributed by atoms with van der Waals surface area (Å²) in [5, 5.41) is 14.9. The van der Waals surface area contributed by atoms with Crippen LogP contribution in [-0.2, 0) is 6.54 Å². The minimum Gasteiger partial charge on any atom is -0.358 e. The lowest BCUT2D eigenvalue weighted by atomic mass is 10.1. The highest BCUT2D eigenvalue weighted by atomic mass is 35.5. The summed E-state index contributed by atoms with van der Waals surface area (Å²) >= 11 is 5.74. The van der Waals surface area contributed by atoms with Gasteiger partial charge < -0.3 is 10.1 Å². The van der Waals surface area contributed by atoms with Gasteiger partial charge in [0.25, 0.3) is 0 Å². The monoisotopic (exact) mass is 279 g/mol. The van der Waals surface area contributed by atoms with Crippen molar-refractivity contribution in [1.29, 1.82) is 0 Å². The Morgan fingerprint density at radius 3 is 2.58 bits per heavy atom. The first-order chi connectivity index (χ1) is 8.97. The summed E-state index contributed by atoms with van der Waals surface area (Å²) < 4.78 is 1.31. The average molecular weight is 280 g/mol. The normalized spacial score (nSPS) is 10.4. The zero-order valence-corrected chi connectivity index (χ0v) is 10.8. The molecule has 0 saturated carbocycles. The maximum absolute atomic E-state index is 12.0. The molecule has 0 radical (unpaired) electrons. The Morgan fingerprint density at radius 1 is 1.42 bits per heavy atom. The third-order valence-electron chi connectivity index (χ3n) is 2.61. The molecule has 0 atom stereocenters. The maximum atomic E-state index is 12.0. The molecular weight excluding hydrogens is 270 g/mol. The number of nitrogens with zero attached hydrogens (tertiary/aromatic N) is 3. The van der Waals surface area contributed by atoms with Crippen LogP contribution in [-0.4, -0.2) is 20.5 Å². The minimum atomic E-state index is -0.587. The molecule has 0 unspecified atom stereocenters. The first kappa shape index (κ1) is 13.2. The fourth-order valence-electron chi connectivity index (χ4n) is 1.61. The quantitative estimate of drug-likeness (QED) is 0.490. The summed E-state index contributed by atoms with van der Waals surface area (Å²) in [5.41, 5.74) is 1.05. The molecular formula is C12H10ClN3O3. The van der Waals surface area contributed by atoms with Crippen molar-refractivity contribution in [2.24, 2.45) is 0 Å². The predicted molar refractivity (Wildman–Crippen MR) is 69.4 cm³/mol. The molecule has 0 spiro atoms. The van der Waals surface area contributed by atoms with E-state index >= 15 is 0 Å². The van der Waals surface area contributed by atoms with Crippen LogP contribution in [0.25, 0.3) is 0 Å². The average Bonchev–Trinajstić information content (AvgIpc) is 2.72. The van der Waals surface area contributed by atoms with Crippen LogP contribution >= 0.6 is 11.6 Å². The number of rotatable bonds is 4. The molecule has 0 aliphatic carbocycles. The highest BCUT2D eigenvalue weighted by Gasteiger charge is 2.18. The van der Waals surface area contributed by atoms with E-state index in [2.05, 4.69) is 5.10 Å². The summed E-state index contributed by atoms with van der Waals surface area (Å²) in [6.45, 7) is 1.62. The number of carbonyl (C=O) groups is 1. The van der Waals surface area contributed by atoms with E-state index in [1.807, 2.05) is 0 Å². The van der Waals surface area contributed by atoms with Crippen LogP contribution < -0.4 is 0 Å². The Hall–Kier alpha value is -2.21. The van der Waals surface area contributed by atoms with Crippen molar-refractivity contribution in [2.75, 3.05) is 0 Å². The van der Waals surface area contributed by atoms with Crippen molar-refractivity contribution in [3.8, 4) is 0 Å². The molecule has 2 aromatic rings. The smallest absolute Gasteiger partial charge is 0.358 e. The van der Waals surface area contributed by atoms with Gasteiger partial charge in [-0.25, -0.2) is 0 Å². The van der Waals surface area contributed by atoms with Crippen LogP contribution in [0.4, 0.5) is 5.82 Å². The molecule has 0 aliphatic heterocycles. The fraction of sp³-hybridized carbons (Fsp3) is 0.167. The highest BCUT2D eigenvalue weighted by Crippen LogP contribution is 2.13. The van der Waals surface area contributed by atoms with Crippen molar-refractivity contribution in [3.05, 3.63) is 56.7 Å². The van der Waals surface area contributed by atoms with Crippen molar-refractivity contribution in [2.45, 2.75) is 13.5 Å². The number of Topliss-reactive ketones (excluding diaryl/α,β-unsaturated/α-hetero) is 1. The zero-order chi connectivity index (χ0) is 14.0. The van der Waals surface area contributed by atoms with Gasteiger partial charge in [0, 0.05) is 10.6 Å². The molecule has 98 valence electrons. The zero-order valence-electron chi connectivity index (χ0n) is 10.0. The van der Waals surface area contributed by atoms with Gasteiger partial charge in [0.05, 0.1) is 16.9 Å². The molecule has 0 amide bonds. The van der Waals surface area contributed by atoms with Crippen LogP contribution in [0, 0.1) is 17.0 Å². The number of hydrogen-bond donors (Lipinski definition) is 0. The van der Waals surface area contributed by atoms with Crippen LogP contribution in [0.5, 0.6) is 0 Å². The lowest BCUT2D eigenvalue weighted by Crippen LogP contribution is -2.13. The van der Waals surface area contributed by atoms with E-state index in [9.17, 15) is 14.9 Å². The second-order valence-electron chi connectivity index (χ2n) is 3.99. The van der Waals surface area contributed by atoms with Crippen molar-refractivity contribution < 1.29 is 9.72 Å². The van der Waals surface area contributed by atoms with Crippen LogP contribution in [0.15, 0.2) is 30.3 Å². The third-order valence-corrected chi connectivity index (χ3v) is 2.87. The second kappa shape index (κ2) is 5.19. The Morgan fingerprint density at radius 2 is 2.05 bits per heavy atom. The number of carbonyl (C=O) groups excluding carboxylic acids is 1. The SMILES string of the molecule is Cc1cc([N+](=O)[O-])nn1CC(=O)c1ccc(Cl)cc1. The molecule has 6 nitrogen and oxygen atoms in total. The van der Waals surface area contributed by atoms with Crippen molar-refractivity contribution in [3.63, 3.8) is 0 Å². The summed E-state index contributed by atoms with van der Waals surface area (Å²) in [6, 6.07) is 7.78. The molecule has 1 aromatic carbocycles. The van der Waals surface area contributed by atoms with Gasteiger partial charge in [-0.05, 0) is 36.1 Å². The number of aryl methyl sites for hydroxylation is 1. The standard InChI is InChI=1S/C12H10ClN3O3/c1-8-6-12(16(18)19)14-15(8)7-11(17)9-2-4-10(13)5-3-9/h2-6H,7H2,1H3. The van der Waals surface area contributed by atoms with E-state index in [0.29, 0.717) is 16.3 Å². The van der Waals surface area contributed by atoms with E-state index in [0.717, 1.165) is 0 Å². The molecule has 1 heterocycles. The molecule has 19 heavy (non-hydrogen) atoms. The van der Waals surface area contributed by atoms with Gasteiger partial charge in [0.15, 0.2) is 5.78 Å². The summed E-state index contributed by atoms with van der Waals surface area (Å²) in [5.74, 6) is -0.445. The lowest BCUT2D eigenvalue weighted by Gasteiger charge is -2.00. The maximum Gasteiger partial charge on any atom is 0.390 e. The van der Waals surface area contributed by atoms with E-state index < -0.39 is 4.92 Å². The highest BCUT2D eigenvalue weighted by molar-refractivity contribution is 6.30. The molecule has 2 rings (SSSR count). The van der Waals surface area contributed by atoms with Crippen LogP contribution in [0.1, 0.15) is 16.1 Å². The first-order valence-corrected chi connectivity index (χ1v) is 5.83. The topological polar surface area (TPSA) is 78.0 Å². The largest absolute Gasteiger partial charge is 0.390 e. The number of halogens is 1. The fourth-order valence-corrected chi connectivity index (χ4v) is 1.73. The molecule has 1 aromatic heterocycles. The van der Waals surface area contributed by atoms with E-state index in [1.54, 1.807) is 31.2 Å². The van der Waals surface area contributed by atoms with E-state index in [4.69, 9.17) is 11.6 Å². The predicted octanol–water partition coefficient (Wildman–Crippen LogP) is 2.64. The Kier molecular flexibility index (Phi) is 3.62. The van der Waals surface area contributed by atoms with Crippen LogP contribution in [0.2, 0.25) is 5.02 Å². The molecule has 0 N–H and O–H groups in total. The summed E-state index contributed by atoms with van der Waals surface area (Å²) in [4.78, 5) is 22.0. The molecule has 7 heteroatoms. The molecule has 0 bridgehead atoms. The van der Waals surface area contributed by atoms with Gasteiger partial charge in [-0.3, -0.25) is 4.79 Å². The summed E-state index contributed by atoms with van der Waals surface area (Å²) in [7, 11) is 0. The third kappa shape index (κ3) is 2.97. The second-order valence-corrected chi connectivity index (χ2v) is 4.43. The van der Waals surface area contributed by atoms with Gasteiger partial charge in [-0.2, -0.15) is 4.68 Å². The number of benzene rings is 1. The Balaban J connectivity index is 2.19. The van der Waals surface area contributed by atoms with Gasteiger partial charge in [0.1, 0.15) is 6.54 Å². The van der Waals surface area contributed by atoms with Crippen molar-refractivity contribution in [1.82, 2.24) is 9.78 Å². The number of aromatic nitrogens is 2. The van der Waals surface area contributed by atoms with Gasteiger partial charge >= 0.3 is 5.82 Å². The van der Waals surface area contributed by atoms with E-state index in [1.165, 1.54) is 10.7 Å². The Labute approximate surface area is 113 Å². The summed E-state index contributed by atoms with van der Waals surface area (Å²) in [6.07, 6.45) is 0. The first-order valence-electron chi connectivity index (χ1n) is 5.45. The number of ketones is 1. The van der Waals surface area contributed by atoms with Gasteiger partial charge in [0.2, 0.25) is 0 Å². The van der Waals surface area contributed by atoms with Gasteiger partial charge in [-0.1, -0.05) is 11.6 Å². The number of nitro groups is 1. The van der Waals surface area contributed by atoms with Gasteiger partial charge in [-0.15, -0.1) is 0 Å². The number of hydrogen-bond acceptors (Lipinski definition) is 4. The van der Waals surface area contributed by atoms with Crippen LogP contribution in [0.3, 0.4) is 0 Å². The lowest BCUT2D eigenvalue weighted by molar-refractivity contribution is -0.389.